The molecule has 0 aliphatic heterocycles. The summed E-state index contributed by atoms with van der Waals surface area (Å²) in [4.78, 5) is 9.30. The SMILES string of the molecule is NC1=CC(=O)C=C/C1=N/Nc1ccc(Nc2ccc(N=Nc3cc4cc(N=Nc5ccccc5)c(S(=O)(=O)O)cc4cc3S(=O)(=O)O)cc2S(=O)(=O)O)cc1. The number of carbonyl (C=O) groups is 1. The molecule has 5 aromatic carbocycles. The van der Waals surface area contributed by atoms with Crippen molar-refractivity contribution in [3.05, 3.63) is 121 Å². The highest BCUT2D eigenvalue weighted by atomic mass is 32.2. The third-order valence-corrected chi connectivity index (χ3v) is 10.2. The number of ketones is 1. The number of hydrazone groups is 1. The number of carbonyl (C=O) groups excluding carboxylic acids is 1. The van der Waals surface area contributed by atoms with E-state index in [9.17, 15) is 43.7 Å². The Morgan fingerprint density at radius 2 is 1.11 bits per heavy atom. The molecular weight excluding hydrogens is 777 g/mol. The van der Waals surface area contributed by atoms with E-state index in [4.69, 9.17) is 5.73 Å². The minimum atomic E-state index is -5.01. The van der Waals surface area contributed by atoms with Crippen molar-refractivity contribution in [2.24, 2.45) is 31.3 Å². The van der Waals surface area contributed by atoms with Crippen LogP contribution < -0.4 is 16.5 Å². The summed E-state index contributed by atoms with van der Waals surface area (Å²) in [7, 11) is -14.8. The van der Waals surface area contributed by atoms with Gasteiger partial charge in [-0.25, -0.2) is 0 Å². The van der Waals surface area contributed by atoms with Crippen LogP contribution in [0.2, 0.25) is 0 Å². The molecule has 0 bridgehead atoms. The molecule has 55 heavy (non-hydrogen) atoms. The summed E-state index contributed by atoms with van der Waals surface area (Å²) in [5.41, 5.74) is 9.43. The molecule has 0 spiro atoms. The van der Waals surface area contributed by atoms with Gasteiger partial charge in [-0.1, -0.05) is 18.2 Å². The smallest absolute Gasteiger partial charge is 0.296 e. The number of hydrogen-bond acceptors (Lipinski definition) is 15. The molecule has 21 heteroatoms. The molecule has 0 heterocycles. The van der Waals surface area contributed by atoms with Gasteiger partial charge in [-0.15, -0.1) is 10.2 Å². The third kappa shape index (κ3) is 9.36. The summed E-state index contributed by atoms with van der Waals surface area (Å²) in [6.45, 7) is 0. The van der Waals surface area contributed by atoms with Gasteiger partial charge in [0.15, 0.2) is 5.78 Å². The molecular formula is C34H26N8O10S3. The van der Waals surface area contributed by atoms with E-state index in [1.165, 1.54) is 36.4 Å². The molecule has 0 saturated heterocycles. The summed E-state index contributed by atoms with van der Waals surface area (Å²) in [5.74, 6) is -0.261. The number of benzene rings is 5. The maximum Gasteiger partial charge on any atom is 0.296 e. The van der Waals surface area contributed by atoms with Crippen LogP contribution in [-0.2, 0) is 35.1 Å². The number of azo groups is 2. The summed E-state index contributed by atoms with van der Waals surface area (Å²) < 4.78 is 104. The molecule has 0 aromatic heterocycles. The number of nitrogens with zero attached hydrogens (tertiary/aromatic N) is 5. The van der Waals surface area contributed by atoms with Crippen molar-refractivity contribution in [3.63, 3.8) is 0 Å². The topological polar surface area (TPSA) is 292 Å². The van der Waals surface area contributed by atoms with Crippen LogP contribution in [0.1, 0.15) is 0 Å². The zero-order valence-electron chi connectivity index (χ0n) is 27.7. The van der Waals surface area contributed by atoms with Crippen LogP contribution in [0.25, 0.3) is 10.8 Å². The first-order valence-corrected chi connectivity index (χ1v) is 19.7. The van der Waals surface area contributed by atoms with E-state index in [0.29, 0.717) is 22.8 Å². The van der Waals surface area contributed by atoms with Crippen LogP contribution in [0.15, 0.2) is 161 Å². The molecule has 1 aliphatic rings. The minimum absolute atomic E-state index is 0.0556. The lowest BCUT2D eigenvalue weighted by Gasteiger charge is -2.12. The fraction of sp³-hybridized carbons (Fsp3) is 0. The Balaban J connectivity index is 1.31. The third-order valence-electron chi connectivity index (χ3n) is 7.57. The first-order chi connectivity index (χ1) is 25.9. The van der Waals surface area contributed by atoms with Gasteiger partial charge in [0.2, 0.25) is 0 Å². The van der Waals surface area contributed by atoms with E-state index in [1.807, 2.05) is 0 Å². The quantitative estimate of drug-likeness (QED) is 0.0343. The first kappa shape index (κ1) is 38.2. The van der Waals surface area contributed by atoms with Crippen molar-refractivity contribution in [1.82, 2.24) is 0 Å². The Kier molecular flexibility index (Phi) is 10.5. The Bertz CT molecular complexity index is 2860. The van der Waals surface area contributed by atoms with E-state index in [-0.39, 0.29) is 39.3 Å². The van der Waals surface area contributed by atoms with Crippen molar-refractivity contribution in [3.8, 4) is 0 Å². The fourth-order valence-electron chi connectivity index (χ4n) is 5.00. The van der Waals surface area contributed by atoms with Crippen molar-refractivity contribution < 1.29 is 43.7 Å². The average molecular weight is 803 g/mol. The van der Waals surface area contributed by atoms with Gasteiger partial charge < -0.3 is 11.1 Å². The van der Waals surface area contributed by atoms with Crippen molar-refractivity contribution in [2.75, 3.05) is 10.7 Å². The summed E-state index contributed by atoms with van der Waals surface area (Å²) in [5, 5.41) is 22.9. The number of allylic oxidation sites excluding steroid dienone is 3. The van der Waals surface area contributed by atoms with Crippen LogP contribution in [0.4, 0.5) is 39.8 Å². The second kappa shape index (κ2) is 15.1. The summed E-state index contributed by atoms with van der Waals surface area (Å²) in [6.07, 6.45) is 4.00. The maximum atomic E-state index is 12.4. The second-order valence-electron chi connectivity index (χ2n) is 11.5. The molecule has 0 saturated carbocycles. The molecule has 0 atom stereocenters. The van der Waals surface area contributed by atoms with E-state index < -0.39 is 50.7 Å². The van der Waals surface area contributed by atoms with Gasteiger partial charge >= 0.3 is 0 Å². The minimum Gasteiger partial charge on any atom is -0.397 e. The zero-order valence-corrected chi connectivity index (χ0v) is 30.2. The molecule has 0 fully saturated rings. The van der Waals surface area contributed by atoms with Crippen LogP contribution in [0, 0.1) is 0 Å². The average Bonchev–Trinajstić information content (AvgIpc) is 3.12. The van der Waals surface area contributed by atoms with E-state index in [2.05, 4.69) is 36.3 Å². The molecule has 280 valence electrons. The fourth-order valence-corrected chi connectivity index (χ4v) is 6.95. The van der Waals surface area contributed by atoms with E-state index in [0.717, 1.165) is 24.3 Å². The van der Waals surface area contributed by atoms with Crippen molar-refractivity contribution >= 4 is 92.4 Å². The lowest BCUT2D eigenvalue weighted by atomic mass is 10.1. The van der Waals surface area contributed by atoms with Crippen LogP contribution in [0.3, 0.4) is 0 Å². The lowest BCUT2D eigenvalue weighted by Crippen LogP contribution is -2.16. The lowest BCUT2D eigenvalue weighted by molar-refractivity contribution is -0.110. The molecule has 7 N–H and O–H groups in total. The van der Waals surface area contributed by atoms with Gasteiger partial charge in [0.05, 0.1) is 28.4 Å². The number of fused-ring (bicyclic) bond motifs is 1. The van der Waals surface area contributed by atoms with Crippen molar-refractivity contribution in [2.45, 2.75) is 14.7 Å². The summed E-state index contributed by atoms with van der Waals surface area (Å²) >= 11 is 0. The number of nitrogens with two attached hydrogens (primary N) is 1. The maximum absolute atomic E-state index is 12.4. The van der Waals surface area contributed by atoms with E-state index in [1.54, 1.807) is 54.6 Å². The first-order valence-electron chi connectivity index (χ1n) is 15.4. The van der Waals surface area contributed by atoms with Gasteiger partial charge in [0.1, 0.15) is 31.8 Å². The molecule has 5 aromatic rings. The molecule has 0 radical (unpaired) electrons. The highest BCUT2D eigenvalue weighted by molar-refractivity contribution is 7.86. The predicted octanol–water partition coefficient (Wildman–Crippen LogP) is 6.90. The Hall–Kier alpha value is -6.49. The largest absolute Gasteiger partial charge is 0.397 e. The van der Waals surface area contributed by atoms with E-state index >= 15 is 0 Å². The summed E-state index contributed by atoms with van der Waals surface area (Å²) in [6, 6.07) is 22.3. The highest BCUT2D eigenvalue weighted by Crippen LogP contribution is 2.37. The number of anilines is 3. The molecule has 1 aliphatic carbocycles. The Morgan fingerprint density at radius 3 is 1.67 bits per heavy atom. The molecule has 0 amide bonds. The zero-order chi connectivity index (χ0) is 39.5. The number of rotatable bonds is 11. The molecule has 18 nitrogen and oxygen atoms in total. The molecule has 6 rings (SSSR count). The standard InChI is InChI=1S/C34H26N8O10S3/c35-27-19-26(43)11-13-28(27)40-38-24-8-6-22(7-9-24)36-29-12-10-25(18-34(29)55(50,51)52)39-42-31-15-20-14-30(41-37-23-4-2-1-3-5-23)32(53(44,45)46)16-21(20)17-33(31)54(47,48)49/h1-19,36,38H,35H2,(H,44,45,46)(H,47,48,49)(H,50,51,52)/b40-28-,41-37?,42-39?. The Labute approximate surface area is 312 Å². The molecule has 0 unspecified atom stereocenters. The van der Waals surface area contributed by atoms with Gasteiger partial charge in [0.25, 0.3) is 30.4 Å². The highest BCUT2D eigenvalue weighted by Gasteiger charge is 2.22. The Morgan fingerprint density at radius 1 is 0.564 bits per heavy atom. The van der Waals surface area contributed by atoms with Crippen LogP contribution in [0.5, 0.6) is 0 Å². The number of hydrogen-bond donors (Lipinski definition) is 6. The monoisotopic (exact) mass is 802 g/mol. The van der Waals surface area contributed by atoms with Crippen LogP contribution >= 0.6 is 0 Å². The van der Waals surface area contributed by atoms with Gasteiger partial charge in [-0.2, -0.15) is 40.6 Å². The van der Waals surface area contributed by atoms with Gasteiger partial charge in [-0.05, 0) is 102 Å². The number of nitrogens with one attached hydrogen (secondary N) is 2. The van der Waals surface area contributed by atoms with Crippen molar-refractivity contribution in [1.29, 1.82) is 0 Å². The van der Waals surface area contributed by atoms with Crippen LogP contribution in [-0.4, -0.2) is 50.4 Å². The second-order valence-corrected chi connectivity index (χ2v) is 15.6. The predicted molar refractivity (Wildman–Crippen MR) is 202 cm³/mol. The van der Waals surface area contributed by atoms with Gasteiger partial charge in [0, 0.05) is 11.8 Å². The normalized spacial score (nSPS) is 14.6. The van der Waals surface area contributed by atoms with Gasteiger partial charge in [-0.3, -0.25) is 23.9 Å².